The molecule has 1 saturated heterocycles. The van der Waals surface area contributed by atoms with E-state index < -0.39 is 5.97 Å². The number of esters is 1. The van der Waals surface area contributed by atoms with Crippen LogP contribution in [0.2, 0.25) is 0 Å². The lowest BCUT2D eigenvalue weighted by Gasteiger charge is -2.38. The summed E-state index contributed by atoms with van der Waals surface area (Å²) in [5.41, 5.74) is 1.15. The standard InChI is InChI=1S/C19H27NO4/c1-14-7-9-17(10-8-14)23-12-11-19(22)24-13-18(21)20-15(2)5-4-6-16(20)3/h7-10,15-16H,4-6,11-13H2,1-3H3. The Bertz CT molecular complexity index is 545. The molecule has 2 rings (SSSR count). The minimum atomic E-state index is -0.409. The number of aryl methyl sites for hydroxylation is 1. The number of hydrogen-bond acceptors (Lipinski definition) is 4. The van der Waals surface area contributed by atoms with Crippen LogP contribution in [0.5, 0.6) is 5.75 Å². The van der Waals surface area contributed by atoms with Gasteiger partial charge in [-0.05, 0) is 52.2 Å². The van der Waals surface area contributed by atoms with E-state index >= 15 is 0 Å². The molecule has 2 atom stereocenters. The van der Waals surface area contributed by atoms with Crippen LogP contribution in [0, 0.1) is 6.92 Å². The highest BCUT2D eigenvalue weighted by Gasteiger charge is 2.29. The molecular weight excluding hydrogens is 306 g/mol. The van der Waals surface area contributed by atoms with Gasteiger partial charge in [0, 0.05) is 12.1 Å². The fourth-order valence-electron chi connectivity index (χ4n) is 3.09. The van der Waals surface area contributed by atoms with Crippen LogP contribution < -0.4 is 4.74 Å². The number of piperidine rings is 1. The van der Waals surface area contributed by atoms with Gasteiger partial charge in [0.05, 0.1) is 13.0 Å². The van der Waals surface area contributed by atoms with E-state index in [1.807, 2.05) is 49.9 Å². The number of carbonyl (C=O) groups excluding carboxylic acids is 2. The molecule has 1 fully saturated rings. The van der Waals surface area contributed by atoms with Gasteiger partial charge in [-0.15, -0.1) is 0 Å². The van der Waals surface area contributed by atoms with Crippen molar-refractivity contribution >= 4 is 11.9 Å². The van der Waals surface area contributed by atoms with Gasteiger partial charge in [-0.25, -0.2) is 0 Å². The normalized spacial score (nSPS) is 20.5. The van der Waals surface area contributed by atoms with E-state index in [2.05, 4.69) is 0 Å². The number of likely N-dealkylation sites (tertiary alicyclic amines) is 1. The zero-order valence-corrected chi connectivity index (χ0v) is 14.8. The molecule has 5 nitrogen and oxygen atoms in total. The molecule has 0 aliphatic carbocycles. The van der Waals surface area contributed by atoms with Crippen molar-refractivity contribution in [1.29, 1.82) is 0 Å². The Morgan fingerprint density at radius 1 is 1.12 bits per heavy atom. The molecule has 1 aromatic carbocycles. The van der Waals surface area contributed by atoms with Crippen LogP contribution in [-0.2, 0) is 14.3 Å². The molecule has 2 unspecified atom stereocenters. The van der Waals surface area contributed by atoms with Crippen molar-refractivity contribution in [3.05, 3.63) is 29.8 Å². The van der Waals surface area contributed by atoms with Crippen molar-refractivity contribution in [3.8, 4) is 5.75 Å². The van der Waals surface area contributed by atoms with Gasteiger partial charge in [0.2, 0.25) is 0 Å². The number of carbonyl (C=O) groups is 2. The molecule has 1 aromatic rings. The number of amides is 1. The van der Waals surface area contributed by atoms with E-state index in [9.17, 15) is 9.59 Å². The Morgan fingerprint density at radius 3 is 2.38 bits per heavy atom. The van der Waals surface area contributed by atoms with Gasteiger partial charge in [-0.2, -0.15) is 0 Å². The van der Waals surface area contributed by atoms with Crippen molar-refractivity contribution in [1.82, 2.24) is 4.90 Å². The average molecular weight is 333 g/mol. The molecule has 0 saturated carbocycles. The Hall–Kier alpha value is -2.04. The Labute approximate surface area is 143 Å². The summed E-state index contributed by atoms with van der Waals surface area (Å²) in [7, 11) is 0. The number of ether oxygens (including phenoxy) is 2. The first-order chi connectivity index (χ1) is 11.5. The molecule has 0 aromatic heterocycles. The Kier molecular flexibility index (Phi) is 6.64. The Morgan fingerprint density at radius 2 is 1.75 bits per heavy atom. The van der Waals surface area contributed by atoms with Crippen LogP contribution in [0.4, 0.5) is 0 Å². The predicted molar refractivity (Wildman–Crippen MR) is 91.9 cm³/mol. The van der Waals surface area contributed by atoms with Gasteiger partial charge in [0.15, 0.2) is 6.61 Å². The molecule has 24 heavy (non-hydrogen) atoms. The fourth-order valence-corrected chi connectivity index (χ4v) is 3.09. The van der Waals surface area contributed by atoms with Gasteiger partial charge in [-0.1, -0.05) is 17.7 Å². The van der Waals surface area contributed by atoms with Crippen LogP contribution in [0.3, 0.4) is 0 Å². The lowest BCUT2D eigenvalue weighted by Crippen LogP contribution is -2.49. The molecule has 132 valence electrons. The molecule has 0 N–H and O–H groups in total. The van der Waals surface area contributed by atoms with Crippen LogP contribution >= 0.6 is 0 Å². The van der Waals surface area contributed by atoms with Crippen LogP contribution in [-0.4, -0.2) is 42.1 Å². The van der Waals surface area contributed by atoms with Gasteiger partial charge in [0.1, 0.15) is 5.75 Å². The van der Waals surface area contributed by atoms with Gasteiger partial charge in [0.25, 0.3) is 5.91 Å². The third-order valence-corrected chi connectivity index (χ3v) is 4.43. The van der Waals surface area contributed by atoms with Gasteiger partial charge >= 0.3 is 5.97 Å². The quantitative estimate of drug-likeness (QED) is 0.751. The third kappa shape index (κ3) is 5.25. The smallest absolute Gasteiger partial charge is 0.309 e. The van der Waals surface area contributed by atoms with Gasteiger partial charge < -0.3 is 14.4 Å². The van der Waals surface area contributed by atoms with E-state index in [1.54, 1.807) is 0 Å². The lowest BCUT2D eigenvalue weighted by molar-refractivity contribution is -0.155. The summed E-state index contributed by atoms with van der Waals surface area (Å²) >= 11 is 0. The third-order valence-electron chi connectivity index (χ3n) is 4.43. The Balaban J connectivity index is 1.68. The number of hydrogen-bond donors (Lipinski definition) is 0. The number of nitrogens with zero attached hydrogens (tertiary/aromatic N) is 1. The second-order valence-corrected chi connectivity index (χ2v) is 6.50. The molecular formula is C19H27NO4. The van der Waals surface area contributed by atoms with Crippen molar-refractivity contribution in [2.24, 2.45) is 0 Å². The summed E-state index contributed by atoms with van der Waals surface area (Å²) in [4.78, 5) is 25.9. The van der Waals surface area contributed by atoms with Crippen LogP contribution in [0.1, 0.15) is 45.1 Å². The second-order valence-electron chi connectivity index (χ2n) is 6.50. The number of rotatable bonds is 6. The van der Waals surface area contributed by atoms with Crippen molar-refractivity contribution in [3.63, 3.8) is 0 Å². The molecule has 1 heterocycles. The highest BCUT2D eigenvalue weighted by molar-refractivity contribution is 5.81. The first-order valence-electron chi connectivity index (χ1n) is 8.63. The maximum atomic E-state index is 12.3. The maximum Gasteiger partial charge on any atom is 0.309 e. The first kappa shape index (κ1) is 18.3. The zero-order chi connectivity index (χ0) is 17.5. The molecule has 1 amide bonds. The zero-order valence-electron chi connectivity index (χ0n) is 14.8. The van der Waals surface area contributed by atoms with Crippen molar-refractivity contribution < 1.29 is 19.1 Å². The second kappa shape index (κ2) is 8.71. The lowest BCUT2D eigenvalue weighted by atomic mass is 9.97. The first-order valence-corrected chi connectivity index (χ1v) is 8.63. The highest BCUT2D eigenvalue weighted by atomic mass is 16.5. The predicted octanol–water partition coefficient (Wildman–Crippen LogP) is 3.10. The monoisotopic (exact) mass is 333 g/mol. The van der Waals surface area contributed by atoms with Crippen LogP contribution in [0.15, 0.2) is 24.3 Å². The van der Waals surface area contributed by atoms with Crippen molar-refractivity contribution in [2.75, 3.05) is 13.2 Å². The molecule has 0 spiro atoms. The average Bonchev–Trinajstić information content (AvgIpc) is 2.54. The largest absolute Gasteiger partial charge is 0.493 e. The maximum absolute atomic E-state index is 12.3. The van der Waals surface area contributed by atoms with Crippen molar-refractivity contribution in [2.45, 2.75) is 58.5 Å². The molecule has 1 aliphatic heterocycles. The summed E-state index contributed by atoms with van der Waals surface area (Å²) in [6.45, 7) is 6.16. The van der Waals surface area contributed by atoms with Crippen LogP contribution in [0.25, 0.3) is 0 Å². The van der Waals surface area contributed by atoms with Gasteiger partial charge in [-0.3, -0.25) is 9.59 Å². The van der Waals surface area contributed by atoms with E-state index in [1.165, 1.54) is 0 Å². The van der Waals surface area contributed by atoms with E-state index in [4.69, 9.17) is 9.47 Å². The molecule has 0 radical (unpaired) electrons. The SMILES string of the molecule is Cc1ccc(OCCC(=O)OCC(=O)N2C(C)CCCC2C)cc1. The number of benzene rings is 1. The minimum Gasteiger partial charge on any atom is -0.493 e. The summed E-state index contributed by atoms with van der Waals surface area (Å²) in [5.74, 6) is 0.204. The summed E-state index contributed by atoms with van der Waals surface area (Å²) in [5, 5.41) is 0. The summed E-state index contributed by atoms with van der Waals surface area (Å²) < 4.78 is 10.6. The minimum absolute atomic E-state index is 0.109. The highest BCUT2D eigenvalue weighted by Crippen LogP contribution is 2.22. The molecule has 1 aliphatic rings. The summed E-state index contributed by atoms with van der Waals surface area (Å²) in [6, 6.07) is 8.06. The fraction of sp³-hybridized carbons (Fsp3) is 0.579. The van der Waals surface area contributed by atoms with E-state index in [0.717, 1.165) is 30.6 Å². The van der Waals surface area contributed by atoms with E-state index in [0.29, 0.717) is 0 Å². The molecule has 0 bridgehead atoms. The van der Waals surface area contributed by atoms with E-state index in [-0.39, 0.29) is 37.6 Å². The summed E-state index contributed by atoms with van der Waals surface area (Å²) in [6.07, 6.45) is 3.29. The topological polar surface area (TPSA) is 55.8 Å². The molecule has 5 heteroatoms.